The summed E-state index contributed by atoms with van der Waals surface area (Å²) in [5.74, 6) is 1.12. The third-order valence-electron chi connectivity index (χ3n) is 4.06. The summed E-state index contributed by atoms with van der Waals surface area (Å²) >= 11 is 6.11. The van der Waals surface area contributed by atoms with Crippen LogP contribution >= 0.6 is 11.6 Å². The number of fused-ring (bicyclic) bond motifs is 1. The molecule has 1 aromatic carbocycles. The molecule has 21 heavy (non-hydrogen) atoms. The Bertz CT molecular complexity index is 490. The van der Waals surface area contributed by atoms with E-state index in [1.54, 1.807) is 0 Å². The largest absolute Gasteiger partial charge is 0.330 e. The third-order valence-corrected chi connectivity index (χ3v) is 4.29. The molecule has 0 amide bonds. The molecule has 1 aliphatic carbocycles. The zero-order valence-electron chi connectivity index (χ0n) is 13.5. The van der Waals surface area contributed by atoms with Gasteiger partial charge in [-0.2, -0.15) is 0 Å². The minimum absolute atomic E-state index is 0.503. The number of halogens is 1. The van der Waals surface area contributed by atoms with Gasteiger partial charge < -0.3 is 5.73 Å². The van der Waals surface area contributed by atoms with Crippen molar-refractivity contribution in [1.29, 1.82) is 0 Å². The summed E-state index contributed by atoms with van der Waals surface area (Å²) in [6, 6.07) is 6.21. The maximum atomic E-state index is 6.11. The van der Waals surface area contributed by atoms with Gasteiger partial charge in [0.25, 0.3) is 0 Å². The summed E-state index contributed by atoms with van der Waals surface area (Å²) in [7, 11) is 0. The van der Waals surface area contributed by atoms with Gasteiger partial charge in [0.15, 0.2) is 0 Å². The van der Waals surface area contributed by atoms with E-state index in [0.29, 0.717) is 11.8 Å². The van der Waals surface area contributed by atoms with Crippen LogP contribution in [0.25, 0.3) is 6.08 Å². The van der Waals surface area contributed by atoms with Crippen molar-refractivity contribution in [3.63, 3.8) is 0 Å². The van der Waals surface area contributed by atoms with Gasteiger partial charge in [0.1, 0.15) is 0 Å². The van der Waals surface area contributed by atoms with Gasteiger partial charge >= 0.3 is 0 Å². The lowest BCUT2D eigenvalue weighted by molar-refractivity contribution is 0.386. The lowest BCUT2D eigenvalue weighted by Crippen LogP contribution is -2.17. The van der Waals surface area contributed by atoms with E-state index < -0.39 is 0 Å². The Labute approximate surface area is 134 Å². The zero-order chi connectivity index (χ0) is 15.8. The summed E-state index contributed by atoms with van der Waals surface area (Å²) in [5, 5.41) is 0.793. The van der Waals surface area contributed by atoms with E-state index >= 15 is 0 Å². The van der Waals surface area contributed by atoms with Crippen LogP contribution in [0.3, 0.4) is 0 Å². The monoisotopic (exact) mass is 305 g/mol. The molecule has 2 N–H and O–H groups in total. The van der Waals surface area contributed by atoms with Gasteiger partial charge in [0.05, 0.1) is 0 Å². The summed E-state index contributed by atoms with van der Waals surface area (Å²) in [6.07, 6.45) is 7.49. The van der Waals surface area contributed by atoms with Crippen LogP contribution in [0.5, 0.6) is 0 Å². The maximum absolute atomic E-state index is 6.11. The van der Waals surface area contributed by atoms with E-state index in [-0.39, 0.29) is 0 Å². The molecule has 1 nitrogen and oxygen atoms in total. The second-order valence-electron chi connectivity index (χ2n) is 5.32. The fourth-order valence-electron chi connectivity index (χ4n) is 3.02. The maximum Gasteiger partial charge on any atom is 0.0412 e. The highest BCUT2D eigenvalue weighted by atomic mass is 35.5. The Morgan fingerprint density at radius 2 is 2.05 bits per heavy atom. The normalized spacial score (nSPS) is 18.3. The smallest absolute Gasteiger partial charge is 0.0412 e. The first-order valence-electron chi connectivity index (χ1n) is 8.01. The quantitative estimate of drug-likeness (QED) is 0.747. The number of hydrogen-bond acceptors (Lipinski definition) is 1. The lowest BCUT2D eigenvalue weighted by Gasteiger charge is -2.27. The van der Waals surface area contributed by atoms with Gasteiger partial charge in [0.2, 0.25) is 0 Å². The molecule has 2 unspecified atom stereocenters. The van der Waals surface area contributed by atoms with Crippen molar-refractivity contribution in [1.82, 2.24) is 0 Å². The summed E-state index contributed by atoms with van der Waals surface area (Å²) in [6.45, 7) is 11.2. The second kappa shape index (κ2) is 9.07. The van der Waals surface area contributed by atoms with Crippen LogP contribution in [-0.4, -0.2) is 6.54 Å². The fourth-order valence-corrected chi connectivity index (χ4v) is 3.20. The molecule has 2 rings (SSSR count). The Morgan fingerprint density at radius 3 is 2.67 bits per heavy atom. The highest BCUT2D eigenvalue weighted by Crippen LogP contribution is 2.39. The first kappa shape index (κ1) is 18.0. The first-order chi connectivity index (χ1) is 10.2. The number of hydrogen-bond donors (Lipinski definition) is 1. The average Bonchev–Trinajstić information content (AvgIpc) is 2.66. The topological polar surface area (TPSA) is 26.0 Å². The summed E-state index contributed by atoms with van der Waals surface area (Å²) in [4.78, 5) is 0. The van der Waals surface area contributed by atoms with Crippen molar-refractivity contribution < 1.29 is 0 Å². The third kappa shape index (κ3) is 4.72. The van der Waals surface area contributed by atoms with E-state index in [9.17, 15) is 0 Å². The number of benzene rings is 1. The second-order valence-corrected chi connectivity index (χ2v) is 5.76. The Balaban J connectivity index is 0.00000106. The molecule has 1 aliphatic rings. The van der Waals surface area contributed by atoms with E-state index in [4.69, 9.17) is 17.3 Å². The number of allylic oxidation sites excluding steroid dienone is 2. The SMILES string of the molecule is C=C1C=Cc2cc(Cl)ccc2C(C(CC)CCN)C1.CC. The molecule has 2 atom stereocenters. The van der Waals surface area contributed by atoms with Gasteiger partial charge in [-0.05, 0) is 54.5 Å². The van der Waals surface area contributed by atoms with Crippen LogP contribution in [0, 0.1) is 5.92 Å². The molecule has 0 aromatic heterocycles. The van der Waals surface area contributed by atoms with Gasteiger partial charge in [0, 0.05) is 5.02 Å². The molecular formula is C19H28ClN. The van der Waals surface area contributed by atoms with Crippen molar-refractivity contribution >= 4 is 17.7 Å². The fraction of sp³-hybridized carbons (Fsp3) is 0.474. The highest BCUT2D eigenvalue weighted by Gasteiger charge is 2.25. The standard InChI is InChI=1S/C17H22ClN.C2H6/c1-3-13(8-9-19)17-10-12(2)4-5-14-11-15(18)6-7-16(14)17;1-2/h4-7,11,13,17H,2-3,8-10,19H2,1H3;1-2H3. The predicted molar refractivity (Wildman–Crippen MR) is 95.8 cm³/mol. The van der Waals surface area contributed by atoms with Crippen LogP contribution in [-0.2, 0) is 0 Å². The molecule has 0 saturated carbocycles. The van der Waals surface area contributed by atoms with Crippen LogP contribution < -0.4 is 5.73 Å². The van der Waals surface area contributed by atoms with E-state index in [1.165, 1.54) is 16.7 Å². The van der Waals surface area contributed by atoms with Crippen LogP contribution in [0.15, 0.2) is 36.4 Å². The van der Waals surface area contributed by atoms with E-state index in [1.807, 2.05) is 26.0 Å². The molecular weight excluding hydrogens is 278 g/mol. The molecule has 0 fully saturated rings. The van der Waals surface area contributed by atoms with E-state index in [2.05, 4.69) is 31.7 Å². The van der Waals surface area contributed by atoms with Crippen LogP contribution in [0.4, 0.5) is 0 Å². The lowest BCUT2D eigenvalue weighted by atomic mass is 9.78. The first-order valence-corrected chi connectivity index (χ1v) is 8.38. The molecule has 0 aliphatic heterocycles. The van der Waals surface area contributed by atoms with Gasteiger partial charge in [-0.3, -0.25) is 0 Å². The summed E-state index contributed by atoms with van der Waals surface area (Å²) < 4.78 is 0. The molecule has 0 saturated heterocycles. The summed E-state index contributed by atoms with van der Waals surface area (Å²) in [5.41, 5.74) is 9.57. The molecule has 0 bridgehead atoms. The molecule has 2 heteroatoms. The highest BCUT2D eigenvalue weighted by molar-refractivity contribution is 6.30. The molecule has 116 valence electrons. The van der Waals surface area contributed by atoms with E-state index in [0.717, 1.165) is 30.8 Å². The molecule has 0 spiro atoms. The Morgan fingerprint density at radius 1 is 1.33 bits per heavy atom. The van der Waals surface area contributed by atoms with Gasteiger partial charge in [-0.1, -0.05) is 69.2 Å². The molecule has 0 heterocycles. The van der Waals surface area contributed by atoms with Crippen LogP contribution in [0.2, 0.25) is 5.02 Å². The number of nitrogens with two attached hydrogens (primary N) is 1. The van der Waals surface area contributed by atoms with Crippen molar-refractivity contribution in [2.75, 3.05) is 6.54 Å². The average molecular weight is 306 g/mol. The Hall–Kier alpha value is -1.05. The molecule has 0 radical (unpaired) electrons. The Kier molecular flexibility index (Phi) is 7.77. The minimum atomic E-state index is 0.503. The van der Waals surface area contributed by atoms with Crippen molar-refractivity contribution in [3.8, 4) is 0 Å². The minimum Gasteiger partial charge on any atom is -0.330 e. The van der Waals surface area contributed by atoms with Gasteiger partial charge in [-0.15, -0.1) is 0 Å². The number of rotatable bonds is 4. The van der Waals surface area contributed by atoms with Gasteiger partial charge in [-0.25, -0.2) is 0 Å². The zero-order valence-corrected chi connectivity index (χ0v) is 14.3. The molecule has 1 aromatic rings. The van der Waals surface area contributed by atoms with Crippen molar-refractivity contribution in [2.24, 2.45) is 11.7 Å². The van der Waals surface area contributed by atoms with Crippen LogP contribution in [0.1, 0.15) is 57.1 Å². The van der Waals surface area contributed by atoms with Crippen molar-refractivity contribution in [2.45, 2.75) is 46.0 Å². The predicted octanol–water partition coefficient (Wildman–Crippen LogP) is 5.80. The van der Waals surface area contributed by atoms with Crippen molar-refractivity contribution in [3.05, 3.63) is 52.6 Å².